The van der Waals surface area contributed by atoms with Crippen LogP contribution in [0.5, 0.6) is 0 Å². The van der Waals surface area contributed by atoms with Gasteiger partial charge in [0, 0.05) is 24.2 Å². The molecular weight excluding hydrogens is 457 g/mol. The number of hydrogen-bond acceptors (Lipinski definition) is 7. The summed E-state index contributed by atoms with van der Waals surface area (Å²) in [4.78, 5) is 10.3. The quantitative estimate of drug-likeness (QED) is 0.573. The lowest BCUT2D eigenvalue weighted by Gasteiger charge is -2.25. The predicted octanol–water partition coefficient (Wildman–Crippen LogP) is 2.36. The van der Waals surface area contributed by atoms with Crippen molar-refractivity contribution in [2.45, 2.75) is 29.9 Å². The van der Waals surface area contributed by atoms with Crippen LogP contribution in [0.15, 0.2) is 59.8 Å². The van der Waals surface area contributed by atoms with Gasteiger partial charge >= 0.3 is 0 Å². The molecule has 3 heterocycles. The highest BCUT2D eigenvalue weighted by Crippen LogP contribution is 2.34. The molecule has 2 aliphatic heterocycles. The fourth-order valence-electron chi connectivity index (χ4n) is 4.80. The van der Waals surface area contributed by atoms with Gasteiger partial charge in [-0.05, 0) is 49.7 Å². The minimum Gasteiger partial charge on any atom is -0.390 e. The average Bonchev–Trinajstić information content (AvgIpc) is 3.50. The van der Waals surface area contributed by atoms with Crippen molar-refractivity contribution < 1.29 is 17.9 Å². The highest BCUT2D eigenvalue weighted by atomic mass is 32.2. The Labute approximate surface area is 197 Å². The van der Waals surface area contributed by atoms with Crippen LogP contribution in [0.3, 0.4) is 0 Å². The minimum absolute atomic E-state index is 0.0426. The third-order valence-electron chi connectivity index (χ3n) is 6.57. The highest BCUT2D eigenvalue weighted by Gasteiger charge is 2.42. The number of hydrogen-bond donors (Lipinski definition) is 2. The van der Waals surface area contributed by atoms with Crippen LogP contribution in [0, 0.1) is 5.82 Å². The van der Waals surface area contributed by atoms with Crippen LogP contribution in [-0.2, 0) is 10.0 Å². The topological polar surface area (TPSA) is 113 Å². The molecule has 2 aromatic carbocycles. The monoisotopic (exact) mass is 483 g/mol. The number of likely N-dealkylation sites (tertiary alicyclic amines) is 1. The summed E-state index contributed by atoms with van der Waals surface area (Å²) in [5.41, 5.74) is 6.96. The third-order valence-corrected chi connectivity index (χ3v) is 8.46. The molecule has 178 valence electrons. The average molecular weight is 484 g/mol. The van der Waals surface area contributed by atoms with E-state index in [0.29, 0.717) is 16.8 Å². The number of halogens is 1. The maximum absolute atomic E-state index is 15.0. The molecule has 0 radical (unpaired) electrons. The molecule has 0 spiro atoms. The molecule has 5 rings (SSSR count). The maximum atomic E-state index is 15.0. The van der Waals surface area contributed by atoms with Crippen molar-refractivity contribution in [2.75, 3.05) is 31.9 Å². The molecule has 3 N–H and O–H groups in total. The van der Waals surface area contributed by atoms with E-state index in [1.54, 1.807) is 30.3 Å². The Morgan fingerprint density at radius 1 is 1.00 bits per heavy atom. The summed E-state index contributed by atoms with van der Waals surface area (Å²) in [5, 5.41) is 10.6. The number of aliphatic hydroxyl groups is 1. The molecular formula is C24H26FN5O3S. The summed E-state index contributed by atoms with van der Waals surface area (Å²) in [6.45, 7) is 2.02. The van der Waals surface area contributed by atoms with E-state index in [0.717, 1.165) is 25.9 Å². The molecule has 0 saturated carbocycles. The van der Waals surface area contributed by atoms with E-state index in [-0.39, 0.29) is 35.4 Å². The van der Waals surface area contributed by atoms with Crippen molar-refractivity contribution in [3.8, 4) is 22.4 Å². The molecule has 0 amide bonds. The van der Waals surface area contributed by atoms with Gasteiger partial charge in [0.25, 0.3) is 0 Å². The van der Waals surface area contributed by atoms with Crippen LogP contribution in [0.1, 0.15) is 12.8 Å². The lowest BCUT2D eigenvalue weighted by Crippen LogP contribution is -2.41. The summed E-state index contributed by atoms with van der Waals surface area (Å²) < 4.78 is 43.6. The molecule has 34 heavy (non-hydrogen) atoms. The molecule has 0 aliphatic carbocycles. The molecule has 0 bridgehead atoms. The Hall–Kier alpha value is -2.92. The first-order chi connectivity index (χ1) is 16.3. The van der Waals surface area contributed by atoms with Gasteiger partial charge in [0.2, 0.25) is 10.0 Å². The van der Waals surface area contributed by atoms with E-state index in [9.17, 15) is 13.5 Å². The summed E-state index contributed by atoms with van der Waals surface area (Å²) >= 11 is 0. The summed E-state index contributed by atoms with van der Waals surface area (Å²) in [6.07, 6.45) is 4.12. The Morgan fingerprint density at radius 3 is 2.47 bits per heavy atom. The van der Waals surface area contributed by atoms with Crippen molar-refractivity contribution in [1.82, 2.24) is 19.2 Å². The highest BCUT2D eigenvalue weighted by molar-refractivity contribution is 7.89. The second kappa shape index (κ2) is 9.03. The number of sulfonamides is 1. The van der Waals surface area contributed by atoms with Crippen molar-refractivity contribution in [3.63, 3.8) is 0 Å². The molecule has 3 aromatic rings. The number of aliphatic hydroxyl groups excluding tert-OH is 1. The van der Waals surface area contributed by atoms with Crippen LogP contribution < -0.4 is 5.73 Å². The second-order valence-electron chi connectivity index (χ2n) is 8.72. The SMILES string of the molecule is Nc1cnc(-c2ccc(-c3ccccc3S(=O)(=O)N3CC(O)C(N4CCCC4)C3)cc2F)cn1. The van der Waals surface area contributed by atoms with Crippen molar-refractivity contribution >= 4 is 15.8 Å². The fourth-order valence-corrected chi connectivity index (χ4v) is 6.49. The van der Waals surface area contributed by atoms with Crippen molar-refractivity contribution in [1.29, 1.82) is 0 Å². The predicted molar refractivity (Wildman–Crippen MR) is 127 cm³/mol. The smallest absolute Gasteiger partial charge is 0.243 e. The van der Waals surface area contributed by atoms with Crippen LogP contribution >= 0.6 is 0 Å². The zero-order chi connectivity index (χ0) is 23.9. The number of anilines is 1. The molecule has 8 nitrogen and oxygen atoms in total. The summed E-state index contributed by atoms with van der Waals surface area (Å²) in [6, 6.07) is 10.9. The van der Waals surface area contributed by atoms with E-state index in [2.05, 4.69) is 14.9 Å². The molecule has 2 saturated heterocycles. The molecule has 1 aromatic heterocycles. The van der Waals surface area contributed by atoms with Crippen LogP contribution in [0.25, 0.3) is 22.4 Å². The number of nitrogens with two attached hydrogens (primary N) is 1. The van der Waals surface area contributed by atoms with Gasteiger partial charge in [-0.1, -0.05) is 24.3 Å². The third kappa shape index (κ3) is 4.18. The number of β-amino-alcohol motifs (C(OH)–C–C–N with tert-alkyl or cyclic N) is 1. The second-order valence-corrected chi connectivity index (χ2v) is 10.6. The van der Waals surface area contributed by atoms with Crippen LogP contribution in [0.2, 0.25) is 0 Å². The summed E-state index contributed by atoms with van der Waals surface area (Å²) in [5.74, 6) is -0.312. The number of benzene rings is 2. The molecule has 2 unspecified atom stereocenters. The first-order valence-electron chi connectivity index (χ1n) is 11.2. The first-order valence-corrected chi connectivity index (χ1v) is 12.7. The lowest BCUT2D eigenvalue weighted by atomic mass is 10.0. The molecule has 10 heteroatoms. The van der Waals surface area contributed by atoms with Gasteiger partial charge in [-0.25, -0.2) is 17.8 Å². The number of aromatic nitrogens is 2. The van der Waals surface area contributed by atoms with Gasteiger partial charge in [0.05, 0.1) is 35.1 Å². The molecule has 2 fully saturated rings. The van der Waals surface area contributed by atoms with E-state index in [4.69, 9.17) is 5.73 Å². The summed E-state index contributed by atoms with van der Waals surface area (Å²) in [7, 11) is -3.90. The van der Waals surface area contributed by atoms with Gasteiger partial charge in [-0.15, -0.1) is 0 Å². The zero-order valence-corrected chi connectivity index (χ0v) is 19.3. The Bertz CT molecular complexity index is 1300. The number of nitrogen functional groups attached to an aromatic ring is 1. The zero-order valence-electron chi connectivity index (χ0n) is 18.5. The van der Waals surface area contributed by atoms with Crippen molar-refractivity contribution in [3.05, 3.63) is 60.7 Å². The largest absolute Gasteiger partial charge is 0.390 e. The normalized spacial score (nSPS) is 21.8. The Kier molecular flexibility index (Phi) is 6.07. The first kappa shape index (κ1) is 22.9. The van der Waals surface area contributed by atoms with E-state index >= 15 is 4.39 Å². The minimum atomic E-state index is -3.90. The van der Waals surface area contributed by atoms with Crippen molar-refractivity contribution in [2.24, 2.45) is 0 Å². The van der Waals surface area contributed by atoms with E-state index in [1.165, 1.54) is 28.8 Å². The van der Waals surface area contributed by atoms with Gasteiger partial charge in [0.15, 0.2) is 0 Å². The van der Waals surface area contributed by atoms with E-state index in [1.807, 2.05) is 0 Å². The molecule has 2 atom stereocenters. The Balaban J connectivity index is 1.47. The van der Waals surface area contributed by atoms with Gasteiger partial charge in [0.1, 0.15) is 11.6 Å². The fraction of sp³-hybridized carbons (Fsp3) is 0.333. The Morgan fingerprint density at radius 2 is 1.76 bits per heavy atom. The van der Waals surface area contributed by atoms with Crippen LogP contribution in [-0.4, -0.2) is 71.0 Å². The lowest BCUT2D eigenvalue weighted by molar-refractivity contribution is 0.0983. The standard InChI is InChI=1S/C24H26FN5O3S/c25-19-11-16(7-8-18(19)20-12-28-24(26)13-27-20)17-5-1-2-6-23(17)34(32,33)30-14-21(22(31)15-30)29-9-3-4-10-29/h1-2,5-8,11-13,21-22,31H,3-4,9-10,14-15H2,(H2,26,28). The van der Waals surface area contributed by atoms with Gasteiger partial charge < -0.3 is 10.8 Å². The number of nitrogens with zero attached hydrogens (tertiary/aromatic N) is 4. The maximum Gasteiger partial charge on any atom is 0.243 e. The van der Waals surface area contributed by atoms with E-state index < -0.39 is 21.9 Å². The van der Waals surface area contributed by atoms with Gasteiger partial charge in [-0.2, -0.15) is 4.31 Å². The number of rotatable bonds is 5. The van der Waals surface area contributed by atoms with Crippen LogP contribution in [0.4, 0.5) is 10.2 Å². The van der Waals surface area contributed by atoms with Gasteiger partial charge in [-0.3, -0.25) is 9.88 Å². The molecule has 2 aliphatic rings.